The molecule has 0 saturated carbocycles. The first-order valence-electron chi connectivity index (χ1n) is 10.8. The Morgan fingerprint density at radius 1 is 0.938 bits per heavy atom. The van der Waals surface area contributed by atoms with E-state index in [0.717, 1.165) is 17.2 Å². The van der Waals surface area contributed by atoms with Gasteiger partial charge in [-0.2, -0.15) is 0 Å². The molecular formula is C24H25N5O3. The van der Waals surface area contributed by atoms with E-state index in [-0.39, 0.29) is 11.9 Å². The highest BCUT2D eigenvalue weighted by Crippen LogP contribution is 2.40. The molecule has 1 saturated heterocycles. The summed E-state index contributed by atoms with van der Waals surface area (Å²) in [6, 6.07) is 18.6. The standard InChI is InChI=1S/C24H25N5O3/c30-21(26-18-7-3-1-4-8-18)20-17-29-16-13-25-22(29)24(32-20)11-14-28(15-12-24)23(31)27-19-9-5-2-6-10-19/h1-10,13,16,20H,11-12,14-15,17H2,(H,26,30)(H,27,31)/t20-/m1/s1. The number of carbonyl (C=O) groups is 2. The molecule has 3 amide bonds. The zero-order valence-corrected chi connectivity index (χ0v) is 17.6. The van der Waals surface area contributed by atoms with E-state index in [1.165, 1.54) is 0 Å². The van der Waals surface area contributed by atoms with Crippen LogP contribution in [-0.4, -0.2) is 45.6 Å². The lowest BCUT2D eigenvalue weighted by Crippen LogP contribution is -2.54. The van der Waals surface area contributed by atoms with Crippen molar-refractivity contribution in [1.82, 2.24) is 14.5 Å². The summed E-state index contributed by atoms with van der Waals surface area (Å²) in [5, 5.41) is 5.87. The summed E-state index contributed by atoms with van der Waals surface area (Å²) in [5.74, 6) is 0.642. The van der Waals surface area contributed by atoms with E-state index in [0.29, 0.717) is 32.5 Å². The lowest BCUT2D eigenvalue weighted by Gasteiger charge is -2.45. The minimum Gasteiger partial charge on any atom is -0.352 e. The summed E-state index contributed by atoms with van der Waals surface area (Å²) >= 11 is 0. The van der Waals surface area contributed by atoms with Crippen molar-refractivity contribution in [2.24, 2.45) is 0 Å². The molecule has 5 rings (SSSR count). The fraction of sp³-hybridized carbons (Fsp3) is 0.292. The second-order valence-electron chi connectivity index (χ2n) is 8.14. The maximum absolute atomic E-state index is 13.0. The number of nitrogens with zero attached hydrogens (tertiary/aromatic N) is 3. The number of urea groups is 1. The average Bonchev–Trinajstić information content (AvgIpc) is 3.31. The quantitative estimate of drug-likeness (QED) is 0.665. The molecule has 32 heavy (non-hydrogen) atoms. The normalized spacial score (nSPS) is 19.2. The van der Waals surface area contributed by atoms with Crippen LogP contribution in [0, 0.1) is 0 Å². The number of benzene rings is 2. The summed E-state index contributed by atoms with van der Waals surface area (Å²) < 4.78 is 8.42. The van der Waals surface area contributed by atoms with Crippen LogP contribution in [-0.2, 0) is 21.7 Å². The molecule has 164 valence electrons. The third kappa shape index (κ3) is 3.97. The van der Waals surface area contributed by atoms with E-state index in [4.69, 9.17) is 4.74 Å². The van der Waals surface area contributed by atoms with Crippen molar-refractivity contribution in [1.29, 1.82) is 0 Å². The van der Waals surface area contributed by atoms with Crippen LogP contribution in [0.15, 0.2) is 73.1 Å². The summed E-state index contributed by atoms with van der Waals surface area (Å²) in [6.45, 7) is 1.44. The van der Waals surface area contributed by atoms with Crippen LogP contribution >= 0.6 is 0 Å². The molecule has 8 heteroatoms. The Morgan fingerprint density at radius 3 is 2.22 bits per heavy atom. The summed E-state index contributed by atoms with van der Waals surface area (Å²) in [7, 11) is 0. The predicted molar refractivity (Wildman–Crippen MR) is 120 cm³/mol. The van der Waals surface area contributed by atoms with Crippen LogP contribution in [0.1, 0.15) is 18.7 Å². The number of ether oxygens (including phenoxy) is 1. The Kier molecular flexibility index (Phi) is 5.36. The molecule has 3 heterocycles. The highest BCUT2D eigenvalue weighted by molar-refractivity contribution is 5.94. The first-order chi connectivity index (χ1) is 15.6. The number of hydrogen-bond acceptors (Lipinski definition) is 4. The number of amides is 3. The van der Waals surface area contributed by atoms with Gasteiger partial charge in [0, 0.05) is 49.7 Å². The topological polar surface area (TPSA) is 88.5 Å². The van der Waals surface area contributed by atoms with E-state index in [1.807, 2.05) is 71.4 Å². The fourth-order valence-electron chi connectivity index (χ4n) is 4.41. The highest BCUT2D eigenvalue weighted by atomic mass is 16.5. The molecular weight excluding hydrogens is 406 g/mol. The smallest absolute Gasteiger partial charge is 0.321 e. The van der Waals surface area contributed by atoms with E-state index in [9.17, 15) is 9.59 Å². The van der Waals surface area contributed by atoms with Gasteiger partial charge in [0.25, 0.3) is 5.91 Å². The van der Waals surface area contributed by atoms with Crippen LogP contribution in [0.25, 0.3) is 0 Å². The first-order valence-corrected chi connectivity index (χ1v) is 10.8. The average molecular weight is 431 g/mol. The maximum atomic E-state index is 13.0. The summed E-state index contributed by atoms with van der Waals surface area (Å²) in [5.41, 5.74) is 0.808. The maximum Gasteiger partial charge on any atom is 0.321 e. The van der Waals surface area contributed by atoms with Crippen LogP contribution in [0.5, 0.6) is 0 Å². The highest BCUT2D eigenvalue weighted by Gasteiger charge is 2.47. The van der Waals surface area contributed by atoms with Gasteiger partial charge in [0.15, 0.2) is 6.10 Å². The van der Waals surface area contributed by atoms with Gasteiger partial charge in [0.2, 0.25) is 0 Å². The second kappa shape index (κ2) is 8.47. The molecule has 2 aliphatic heterocycles. The SMILES string of the molecule is O=C(Nc1ccccc1)[C@H]1Cn2ccnc2C2(CCN(C(=O)Nc3ccccc3)CC2)O1. The fourth-order valence-corrected chi connectivity index (χ4v) is 4.41. The molecule has 1 aromatic heterocycles. The molecule has 3 aromatic rings. The number of carbonyl (C=O) groups excluding carboxylic acids is 2. The first kappa shape index (κ1) is 20.3. The number of nitrogens with one attached hydrogen (secondary N) is 2. The lowest BCUT2D eigenvalue weighted by atomic mass is 9.88. The zero-order valence-electron chi connectivity index (χ0n) is 17.6. The number of imidazole rings is 1. The molecule has 1 fully saturated rings. The van der Waals surface area contributed by atoms with Gasteiger partial charge in [-0.3, -0.25) is 4.79 Å². The van der Waals surface area contributed by atoms with Crippen LogP contribution in [0.2, 0.25) is 0 Å². The molecule has 1 atom stereocenters. The van der Waals surface area contributed by atoms with Crippen molar-refractivity contribution in [2.45, 2.75) is 31.1 Å². The van der Waals surface area contributed by atoms with Crippen molar-refractivity contribution in [3.8, 4) is 0 Å². The Balaban J connectivity index is 1.28. The van der Waals surface area contributed by atoms with Crippen molar-refractivity contribution in [2.75, 3.05) is 23.7 Å². The van der Waals surface area contributed by atoms with E-state index < -0.39 is 11.7 Å². The summed E-state index contributed by atoms with van der Waals surface area (Å²) in [6.07, 6.45) is 4.13. The van der Waals surface area contributed by atoms with Crippen LogP contribution in [0.3, 0.4) is 0 Å². The van der Waals surface area contributed by atoms with E-state index >= 15 is 0 Å². The van der Waals surface area contributed by atoms with E-state index in [1.54, 1.807) is 11.1 Å². The molecule has 2 aliphatic rings. The Hall–Kier alpha value is -3.65. The van der Waals surface area contributed by atoms with Gasteiger partial charge in [-0.15, -0.1) is 0 Å². The molecule has 0 aliphatic carbocycles. The van der Waals surface area contributed by atoms with Crippen molar-refractivity contribution in [3.05, 3.63) is 78.9 Å². The van der Waals surface area contributed by atoms with Crippen LogP contribution in [0.4, 0.5) is 16.2 Å². The minimum atomic E-state index is -0.691. The minimum absolute atomic E-state index is 0.136. The molecule has 8 nitrogen and oxygen atoms in total. The monoisotopic (exact) mass is 431 g/mol. The van der Waals surface area contributed by atoms with Crippen molar-refractivity contribution >= 4 is 23.3 Å². The number of anilines is 2. The predicted octanol–water partition coefficient (Wildman–Crippen LogP) is 3.44. The van der Waals surface area contributed by atoms with E-state index in [2.05, 4.69) is 15.6 Å². The Labute approximate surface area is 186 Å². The Morgan fingerprint density at radius 2 is 1.56 bits per heavy atom. The molecule has 0 unspecified atom stereocenters. The van der Waals surface area contributed by atoms with Gasteiger partial charge >= 0.3 is 6.03 Å². The number of likely N-dealkylation sites (tertiary alicyclic amines) is 1. The lowest BCUT2D eigenvalue weighted by molar-refractivity contribution is -0.167. The number of piperidine rings is 1. The van der Waals surface area contributed by atoms with Gasteiger partial charge in [-0.25, -0.2) is 9.78 Å². The molecule has 2 N–H and O–H groups in total. The van der Waals surface area contributed by atoms with Gasteiger partial charge in [0.05, 0.1) is 6.54 Å². The van der Waals surface area contributed by atoms with Crippen LogP contribution < -0.4 is 10.6 Å². The number of aromatic nitrogens is 2. The third-order valence-corrected chi connectivity index (χ3v) is 6.07. The van der Waals surface area contributed by atoms with Crippen molar-refractivity contribution in [3.63, 3.8) is 0 Å². The van der Waals surface area contributed by atoms with Gasteiger partial charge in [-0.05, 0) is 24.3 Å². The van der Waals surface area contributed by atoms with Crippen molar-refractivity contribution < 1.29 is 14.3 Å². The second-order valence-corrected chi connectivity index (χ2v) is 8.14. The molecule has 2 aromatic carbocycles. The van der Waals surface area contributed by atoms with Gasteiger partial charge in [-0.1, -0.05) is 36.4 Å². The number of rotatable bonds is 3. The van der Waals surface area contributed by atoms with Gasteiger partial charge < -0.3 is 24.8 Å². The van der Waals surface area contributed by atoms with Gasteiger partial charge in [0.1, 0.15) is 11.4 Å². The number of para-hydroxylation sites is 2. The zero-order chi connectivity index (χ0) is 22.0. The molecule has 1 spiro atoms. The molecule has 0 radical (unpaired) electrons. The third-order valence-electron chi connectivity index (χ3n) is 6.07. The molecule has 0 bridgehead atoms. The summed E-state index contributed by atoms with van der Waals surface area (Å²) in [4.78, 5) is 32.0. The number of fused-ring (bicyclic) bond motifs is 2. The number of hydrogen-bond donors (Lipinski definition) is 2. The largest absolute Gasteiger partial charge is 0.352 e. The Bertz CT molecular complexity index is 1090.